The van der Waals surface area contributed by atoms with Crippen LogP contribution in [0.5, 0.6) is 0 Å². The lowest BCUT2D eigenvalue weighted by Gasteiger charge is -2.21. The Morgan fingerprint density at radius 2 is 0.846 bits per heavy atom. The minimum Gasteiger partial charge on any atom is -0.329 e. The van der Waals surface area contributed by atoms with Crippen LogP contribution in [-0.4, -0.2) is 90.8 Å². The van der Waals surface area contributed by atoms with Gasteiger partial charge in [-0.25, -0.2) is 0 Å². The zero-order valence-corrected chi connectivity index (χ0v) is 19.1. The fourth-order valence-corrected chi connectivity index (χ4v) is 2.86. The number of unbranched alkanes of at least 4 members (excludes halogenated alkanes) is 3. The highest BCUT2D eigenvalue weighted by molar-refractivity contribution is 7.33. The van der Waals surface area contributed by atoms with Gasteiger partial charge < -0.3 is 8.97 Å². The van der Waals surface area contributed by atoms with Crippen molar-refractivity contribution in [3.8, 4) is 0 Å². The Kier molecular flexibility index (Phi) is 14.0. The third kappa shape index (κ3) is 20.3. The van der Waals surface area contributed by atoms with Crippen molar-refractivity contribution in [2.45, 2.75) is 25.7 Å². The molecule has 0 amide bonds. The topological polar surface area (TPSA) is 71.1 Å². The van der Waals surface area contributed by atoms with Gasteiger partial charge in [0.25, 0.3) is 0 Å². The molecule has 0 N–H and O–H groups in total. The second-order valence-corrected chi connectivity index (χ2v) is 10.1. The number of hydrogen-bond acceptors (Lipinski definition) is 6. The van der Waals surface area contributed by atoms with E-state index in [0.717, 1.165) is 47.7 Å². The molecule has 2 atom stereocenters. The standard InChI is InChI=1S/C16H38N2O6P2/c1-17(2,3)11-15-23-25(19)21-13-9-7-8-10-14-22-26(20)24-16-12-18(4,5)6/h7-16H2,1-6H3/q+4. The van der Waals surface area contributed by atoms with Gasteiger partial charge in [0.2, 0.25) is 0 Å². The predicted octanol–water partition coefficient (Wildman–Crippen LogP) is 3.34. The molecule has 0 fully saturated rings. The second kappa shape index (κ2) is 14.0. The van der Waals surface area contributed by atoms with E-state index in [1.54, 1.807) is 0 Å². The van der Waals surface area contributed by atoms with Crippen molar-refractivity contribution in [2.24, 2.45) is 0 Å². The Labute approximate surface area is 160 Å². The van der Waals surface area contributed by atoms with Gasteiger partial charge in [-0.15, -0.1) is 18.1 Å². The summed E-state index contributed by atoms with van der Waals surface area (Å²) in [5, 5.41) is 0. The van der Waals surface area contributed by atoms with Crippen molar-refractivity contribution in [2.75, 3.05) is 81.8 Å². The van der Waals surface area contributed by atoms with E-state index in [9.17, 15) is 9.13 Å². The molecule has 10 heteroatoms. The van der Waals surface area contributed by atoms with Crippen molar-refractivity contribution in [3.05, 3.63) is 0 Å². The molecule has 0 heterocycles. The molecule has 0 aromatic carbocycles. The molecule has 2 unspecified atom stereocenters. The Morgan fingerprint density at radius 1 is 0.538 bits per heavy atom. The fraction of sp³-hybridized carbons (Fsp3) is 1.00. The normalized spacial score (nSPS) is 13.8. The van der Waals surface area contributed by atoms with Gasteiger partial charge in [0.1, 0.15) is 26.3 Å². The first-order valence-electron chi connectivity index (χ1n) is 9.07. The number of nitrogens with zero attached hydrogens (tertiary/aromatic N) is 2. The summed E-state index contributed by atoms with van der Waals surface area (Å²) in [6.45, 7) is 3.25. The number of hydrogen-bond donors (Lipinski definition) is 0. The smallest absolute Gasteiger partial charge is 0.329 e. The number of quaternary nitrogens is 2. The highest BCUT2D eigenvalue weighted by atomic mass is 31.1. The van der Waals surface area contributed by atoms with Gasteiger partial charge in [0, 0.05) is 9.13 Å². The molecule has 0 aromatic rings. The quantitative estimate of drug-likeness (QED) is 0.206. The molecule has 0 aliphatic heterocycles. The average Bonchev–Trinajstić information content (AvgIpc) is 2.47. The van der Waals surface area contributed by atoms with Gasteiger partial charge in [-0.05, 0) is 12.8 Å². The molecule has 0 saturated carbocycles. The van der Waals surface area contributed by atoms with Crippen molar-refractivity contribution in [1.82, 2.24) is 0 Å². The third-order valence-electron chi connectivity index (χ3n) is 3.35. The second-order valence-electron chi connectivity index (χ2n) is 8.22. The van der Waals surface area contributed by atoms with Gasteiger partial charge in [-0.1, -0.05) is 12.8 Å². The van der Waals surface area contributed by atoms with Crippen LogP contribution in [0.1, 0.15) is 25.7 Å². The summed E-state index contributed by atoms with van der Waals surface area (Å²) in [7, 11) is 8.25. The first-order valence-corrected chi connectivity index (χ1v) is 11.3. The van der Waals surface area contributed by atoms with Crippen molar-refractivity contribution in [1.29, 1.82) is 0 Å². The van der Waals surface area contributed by atoms with Crippen LogP contribution in [0.3, 0.4) is 0 Å². The van der Waals surface area contributed by atoms with Crippen molar-refractivity contribution < 1.29 is 36.2 Å². The lowest BCUT2D eigenvalue weighted by atomic mass is 10.2. The Balaban J connectivity index is 3.40. The lowest BCUT2D eigenvalue weighted by Crippen LogP contribution is -2.37. The molecule has 26 heavy (non-hydrogen) atoms. The van der Waals surface area contributed by atoms with Crippen LogP contribution in [0.4, 0.5) is 0 Å². The van der Waals surface area contributed by atoms with Crippen LogP contribution in [-0.2, 0) is 27.2 Å². The molecule has 0 radical (unpaired) electrons. The zero-order valence-electron chi connectivity index (χ0n) is 17.3. The molecule has 0 aliphatic rings. The molecule has 0 bridgehead atoms. The van der Waals surface area contributed by atoms with E-state index in [4.69, 9.17) is 18.1 Å². The van der Waals surface area contributed by atoms with E-state index in [-0.39, 0.29) is 0 Å². The largest absolute Gasteiger partial charge is 0.697 e. The SMILES string of the molecule is C[N+](C)(C)CCO[P+](=O)OCCCCCCO[P+](=O)OCC[N+](C)(C)C. The summed E-state index contributed by atoms with van der Waals surface area (Å²) in [5.74, 6) is 0. The Hall–Kier alpha value is -0.0400. The number of rotatable bonds is 17. The van der Waals surface area contributed by atoms with Crippen LogP contribution >= 0.6 is 16.5 Å². The van der Waals surface area contributed by atoms with E-state index in [2.05, 4.69) is 42.3 Å². The van der Waals surface area contributed by atoms with E-state index < -0.39 is 16.5 Å². The van der Waals surface area contributed by atoms with Crippen molar-refractivity contribution in [3.63, 3.8) is 0 Å². The Bertz CT molecular complexity index is 373. The molecule has 8 nitrogen and oxygen atoms in total. The van der Waals surface area contributed by atoms with Gasteiger partial charge >= 0.3 is 16.5 Å². The maximum absolute atomic E-state index is 11.5. The summed E-state index contributed by atoms with van der Waals surface area (Å²) in [5.41, 5.74) is 0. The molecule has 0 saturated heterocycles. The molecular weight excluding hydrogens is 378 g/mol. The van der Waals surface area contributed by atoms with Crippen LogP contribution < -0.4 is 0 Å². The molecular formula is C16H38N2O6P2+4. The van der Waals surface area contributed by atoms with Crippen LogP contribution in [0.25, 0.3) is 0 Å². The third-order valence-corrected chi connectivity index (χ3v) is 4.92. The summed E-state index contributed by atoms with van der Waals surface area (Å²) in [6, 6.07) is 0. The summed E-state index contributed by atoms with van der Waals surface area (Å²) >= 11 is 0. The van der Waals surface area contributed by atoms with Crippen LogP contribution in [0.15, 0.2) is 0 Å². The molecule has 0 aliphatic carbocycles. The number of likely N-dealkylation sites (N-methyl/N-ethyl adjacent to an activating group) is 2. The fourth-order valence-electron chi connectivity index (χ4n) is 1.69. The first-order chi connectivity index (χ1) is 12.0. The van der Waals surface area contributed by atoms with E-state index in [1.165, 1.54) is 0 Å². The van der Waals surface area contributed by atoms with Crippen molar-refractivity contribution >= 4 is 16.5 Å². The van der Waals surface area contributed by atoms with Gasteiger partial charge in [0.05, 0.1) is 42.3 Å². The molecule has 0 rings (SSSR count). The highest BCUT2D eigenvalue weighted by Gasteiger charge is 2.22. The van der Waals surface area contributed by atoms with E-state index in [1.807, 2.05) is 0 Å². The van der Waals surface area contributed by atoms with Crippen LogP contribution in [0, 0.1) is 0 Å². The summed E-state index contributed by atoms with van der Waals surface area (Å²) < 4.78 is 45.2. The molecule has 0 spiro atoms. The monoisotopic (exact) mass is 416 g/mol. The van der Waals surface area contributed by atoms with E-state index in [0.29, 0.717) is 26.4 Å². The van der Waals surface area contributed by atoms with Gasteiger partial charge in [-0.3, -0.25) is 0 Å². The maximum Gasteiger partial charge on any atom is 0.697 e. The summed E-state index contributed by atoms with van der Waals surface area (Å²) in [6.07, 6.45) is 3.49. The minimum atomic E-state index is -2.03. The molecule has 0 aromatic heterocycles. The maximum atomic E-state index is 11.5. The lowest BCUT2D eigenvalue weighted by molar-refractivity contribution is -0.870. The summed E-state index contributed by atoms with van der Waals surface area (Å²) in [4.78, 5) is 0. The van der Waals surface area contributed by atoms with Crippen LogP contribution in [0.2, 0.25) is 0 Å². The molecule has 154 valence electrons. The van der Waals surface area contributed by atoms with E-state index >= 15 is 0 Å². The minimum absolute atomic E-state index is 0.420. The zero-order chi connectivity index (χ0) is 20.1. The average molecular weight is 416 g/mol. The van der Waals surface area contributed by atoms with Gasteiger partial charge in [-0.2, -0.15) is 0 Å². The first kappa shape index (κ1) is 26.0. The highest BCUT2D eigenvalue weighted by Crippen LogP contribution is 2.25. The Morgan fingerprint density at radius 3 is 1.15 bits per heavy atom. The predicted molar refractivity (Wildman–Crippen MR) is 103 cm³/mol. The van der Waals surface area contributed by atoms with Gasteiger partial charge in [0.15, 0.2) is 13.2 Å².